The first kappa shape index (κ1) is 10.4. The molecule has 1 aromatic rings. The Hall–Kier alpha value is -1.09. The van der Waals surface area contributed by atoms with Crippen LogP contribution in [0.4, 0.5) is 0 Å². The predicted octanol–water partition coefficient (Wildman–Crippen LogP) is 1.77. The molecule has 0 amide bonds. The number of nitrogens with one attached hydrogen (secondary N) is 1. The molecule has 0 spiro atoms. The second-order valence-electron chi connectivity index (χ2n) is 4.25. The van der Waals surface area contributed by atoms with Gasteiger partial charge in [0.2, 0.25) is 5.88 Å². The molecule has 2 unspecified atom stereocenters. The molecule has 0 radical (unpaired) electrons. The summed E-state index contributed by atoms with van der Waals surface area (Å²) in [5.41, 5.74) is 1.11. The average molecular weight is 206 g/mol. The monoisotopic (exact) mass is 206 g/mol. The lowest BCUT2D eigenvalue weighted by Crippen LogP contribution is -2.43. The lowest BCUT2D eigenvalue weighted by Gasteiger charge is -2.29. The molecule has 1 aromatic heterocycles. The van der Waals surface area contributed by atoms with Crippen molar-refractivity contribution in [1.29, 1.82) is 0 Å². The van der Waals surface area contributed by atoms with Crippen LogP contribution >= 0.6 is 0 Å². The summed E-state index contributed by atoms with van der Waals surface area (Å²) in [5.74, 6) is 1.38. The number of rotatable bonds is 2. The van der Waals surface area contributed by atoms with Crippen LogP contribution in [0.15, 0.2) is 18.3 Å². The van der Waals surface area contributed by atoms with Gasteiger partial charge in [-0.25, -0.2) is 4.98 Å². The van der Waals surface area contributed by atoms with E-state index in [9.17, 15) is 0 Å². The number of aromatic nitrogens is 1. The third kappa shape index (κ3) is 2.48. The predicted molar refractivity (Wildman–Crippen MR) is 60.0 cm³/mol. The van der Waals surface area contributed by atoms with E-state index in [1.54, 1.807) is 6.20 Å². The maximum absolute atomic E-state index is 5.92. The molecule has 1 aliphatic heterocycles. The molecule has 1 saturated heterocycles. The minimum atomic E-state index is 0.257. The Balaban J connectivity index is 2.04. The first-order valence-electron chi connectivity index (χ1n) is 5.56. The standard InChI is InChI=1S/C12H18N2O/c1-9-5-7-13-8-11(9)15-12-10(2)4-3-6-14-12/h3-4,6,9,11,13H,5,7-8H2,1-2H3. The van der Waals surface area contributed by atoms with Crippen molar-refractivity contribution >= 4 is 0 Å². The Labute approximate surface area is 90.9 Å². The molecule has 2 rings (SSSR count). The van der Waals surface area contributed by atoms with Gasteiger partial charge in [0.05, 0.1) is 0 Å². The fourth-order valence-corrected chi connectivity index (χ4v) is 1.86. The number of nitrogens with zero attached hydrogens (tertiary/aromatic N) is 1. The van der Waals surface area contributed by atoms with Gasteiger partial charge in [-0.1, -0.05) is 13.0 Å². The maximum atomic E-state index is 5.92. The van der Waals surface area contributed by atoms with Gasteiger partial charge in [-0.2, -0.15) is 0 Å². The van der Waals surface area contributed by atoms with E-state index < -0.39 is 0 Å². The van der Waals surface area contributed by atoms with Gasteiger partial charge in [0, 0.05) is 18.3 Å². The minimum Gasteiger partial charge on any atom is -0.473 e. The van der Waals surface area contributed by atoms with Crippen molar-refractivity contribution in [1.82, 2.24) is 10.3 Å². The van der Waals surface area contributed by atoms with Crippen LogP contribution in [0.1, 0.15) is 18.9 Å². The van der Waals surface area contributed by atoms with Crippen molar-refractivity contribution in [3.63, 3.8) is 0 Å². The first-order chi connectivity index (χ1) is 7.27. The first-order valence-corrected chi connectivity index (χ1v) is 5.56. The van der Waals surface area contributed by atoms with Crippen LogP contribution in [-0.4, -0.2) is 24.2 Å². The summed E-state index contributed by atoms with van der Waals surface area (Å²) in [6.45, 7) is 6.30. The van der Waals surface area contributed by atoms with E-state index in [0.29, 0.717) is 5.92 Å². The highest BCUT2D eigenvalue weighted by Gasteiger charge is 2.23. The van der Waals surface area contributed by atoms with Crippen LogP contribution in [0.3, 0.4) is 0 Å². The van der Waals surface area contributed by atoms with Gasteiger partial charge in [-0.05, 0) is 31.9 Å². The summed E-state index contributed by atoms with van der Waals surface area (Å²) in [6, 6.07) is 3.97. The zero-order chi connectivity index (χ0) is 10.7. The summed E-state index contributed by atoms with van der Waals surface area (Å²) in [4.78, 5) is 4.26. The highest BCUT2D eigenvalue weighted by molar-refractivity contribution is 5.23. The van der Waals surface area contributed by atoms with Crippen LogP contribution in [-0.2, 0) is 0 Å². The number of hydrogen-bond acceptors (Lipinski definition) is 3. The quantitative estimate of drug-likeness (QED) is 0.800. The molecule has 1 aliphatic rings. The van der Waals surface area contributed by atoms with Gasteiger partial charge in [-0.3, -0.25) is 0 Å². The Morgan fingerprint density at radius 1 is 1.53 bits per heavy atom. The van der Waals surface area contributed by atoms with Crippen molar-refractivity contribution in [2.24, 2.45) is 5.92 Å². The normalized spacial score (nSPS) is 26.3. The molecule has 1 N–H and O–H groups in total. The van der Waals surface area contributed by atoms with Gasteiger partial charge in [0.1, 0.15) is 6.10 Å². The molecule has 2 atom stereocenters. The Morgan fingerprint density at radius 3 is 3.13 bits per heavy atom. The van der Waals surface area contributed by atoms with Crippen molar-refractivity contribution in [3.8, 4) is 5.88 Å². The van der Waals surface area contributed by atoms with E-state index >= 15 is 0 Å². The zero-order valence-corrected chi connectivity index (χ0v) is 9.36. The summed E-state index contributed by atoms with van der Waals surface area (Å²) in [7, 11) is 0. The van der Waals surface area contributed by atoms with Crippen LogP contribution < -0.4 is 10.1 Å². The van der Waals surface area contributed by atoms with E-state index in [2.05, 4.69) is 17.2 Å². The van der Waals surface area contributed by atoms with Crippen molar-refractivity contribution in [2.45, 2.75) is 26.4 Å². The number of ether oxygens (including phenoxy) is 1. The Morgan fingerprint density at radius 2 is 2.40 bits per heavy atom. The minimum absolute atomic E-state index is 0.257. The van der Waals surface area contributed by atoms with Crippen molar-refractivity contribution < 1.29 is 4.74 Å². The molecular formula is C12H18N2O. The fourth-order valence-electron chi connectivity index (χ4n) is 1.86. The topological polar surface area (TPSA) is 34.1 Å². The molecule has 0 saturated carbocycles. The SMILES string of the molecule is Cc1cccnc1OC1CNCCC1C. The lowest BCUT2D eigenvalue weighted by molar-refractivity contribution is 0.109. The summed E-state index contributed by atoms with van der Waals surface area (Å²) < 4.78 is 5.92. The van der Waals surface area contributed by atoms with Gasteiger partial charge >= 0.3 is 0 Å². The van der Waals surface area contributed by atoms with Crippen LogP contribution in [0.2, 0.25) is 0 Å². The van der Waals surface area contributed by atoms with Crippen LogP contribution in [0.5, 0.6) is 5.88 Å². The van der Waals surface area contributed by atoms with E-state index in [1.807, 2.05) is 19.1 Å². The third-order valence-electron chi connectivity index (χ3n) is 2.98. The molecule has 0 aromatic carbocycles. The summed E-state index contributed by atoms with van der Waals surface area (Å²) in [5, 5.41) is 3.35. The number of pyridine rings is 1. The molecule has 82 valence electrons. The molecule has 2 heterocycles. The average Bonchev–Trinajstić information content (AvgIpc) is 2.24. The summed E-state index contributed by atoms with van der Waals surface area (Å²) in [6.07, 6.45) is 3.21. The molecule has 0 bridgehead atoms. The van der Waals surface area contributed by atoms with Gasteiger partial charge in [0.25, 0.3) is 0 Å². The highest BCUT2D eigenvalue weighted by atomic mass is 16.5. The second kappa shape index (κ2) is 4.62. The second-order valence-corrected chi connectivity index (χ2v) is 4.25. The molecule has 3 heteroatoms. The van der Waals surface area contributed by atoms with E-state index in [-0.39, 0.29) is 6.10 Å². The molecule has 1 fully saturated rings. The Kier molecular flexibility index (Phi) is 3.21. The van der Waals surface area contributed by atoms with Gasteiger partial charge in [-0.15, -0.1) is 0 Å². The highest BCUT2D eigenvalue weighted by Crippen LogP contribution is 2.20. The lowest BCUT2D eigenvalue weighted by atomic mass is 9.97. The third-order valence-corrected chi connectivity index (χ3v) is 2.98. The molecule has 15 heavy (non-hydrogen) atoms. The molecular weight excluding hydrogens is 188 g/mol. The smallest absolute Gasteiger partial charge is 0.216 e. The number of piperidine rings is 1. The Bertz CT molecular complexity index is 327. The van der Waals surface area contributed by atoms with Gasteiger partial charge in [0.15, 0.2) is 0 Å². The number of hydrogen-bond donors (Lipinski definition) is 1. The van der Waals surface area contributed by atoms with Gasteiger partial charge < -0.3 is 10.1 Å². The van der Waals surface area contributed by atoms with E-state index in [1.165, 1.54) is 6.42 Å². The largest absolute Gasteiger partial charge is 0.473 e. The fraction of sp³-hybridized carbons (Fsp3) is 0.583. The van der Waals surface area contributed by atoms with Crippen molar-refractivity contribution in [3.05, 3.63) is 23.9 Å². The summed E-state index contributed by atoms with van der Waals surface area (Å²) >= 11 is 0. The van der Waals surface area contributed by atoms with Crippen LogP contribution in [0, 0.1) is 12.8 Å². The van der Waals surface area contributed by atoms with Crippen molar-refractivity contribution in [2.75, 3.05) is 13.1 Å². The van der Waals surface area contributed by atoms with E-state index in [0.717, 1.165) is 24.5 Å². The zero-order valence-electron chi connectivity index (χ0n) is 9.36. The van der Waals surface area contributed by atoms with E-state index in [4.69, 9.17) is 4.74 Å². The van der Waals surface area contributed by atoms with Crippen LogP contribution in [0.25, 0.3) is 0 Å². The molecule has 0 aliphatic carbocycles. The maximum Gasteiger partial charge on any atom is 0.216 e. The number of aryl methyl sites for hydroxylation is 1. The molecule has 3 nitrogen and oxygen atoms in total.